The molecule has 3 heteroatoms. The largest absolute Gasteiger partial charge is 0.291 e. The highest BCUT2D eigenvalue weighted by Gasteiger charge is 1.93. The first kappa shape index (κ1) is 7.06. The van der Waals surface area contributed by atoms with Gasteiger partial charge in [0.05, 0.1) is 17.4 Å². The van der Waals surface area contributed by atoms with Gasteiger partial charge >= 0.3 is 0 Å². The molecule has 60 valence electrons. The highest BCUT2D eigenvalue weighted by atomic mass is 16.5. The van der Waals surface area contributed by atoms with Gasteiger partial charge in [-0.05, 0) is 12.1 Å². The lowest BCUT2D eigenvalue weighted by atomic mass is 10.2. The number of rotatable bonds is 1. The van der Waals surface area contributed by atoms with Gasteiger partial charge in [-0.1, -0.05) is 18.2 Å². The Balaban J connectivity index is 2.67. The van der Waals surface area contributed by atoms with Gasteiger partial charge in [0.25, 0.3) is 0 Å². The van der Waals surface area contributed by atoms with Crippen LogP contribution in [-0.4, -0.2) is 10.2 Å². The topological polar surface area (TPSA) is 45.1 Å². The minimum atomic E-state index is 0.605. The molecule has 0 saturated carbocycles. The number of aromatic nitrogens is 1. The summed E-state index contributed by atoms with van der Waals surface area (Å²) in [6, 6.07) is 9.58. The van der Waals surface area contributed by atoms with E-state index in [1.54, 1.807) is 6.20 Å². The molecular weight excluding hydrogens is 152 g/mol. The number of fused-ring (bicyclic) bond motifs is 1. The average Bonchev–Trinajstić information content (AvgIpc) is 2.17. The summed E-state index contributed by atoms with van der Waals surface area (Å²) in [5.74, 6) is 0. The molecule has 2 aromatic rings. The fourth-order valence-electron chi connectivity index (χ4n) is 1.13. The molecule has 0 saturated heterocycles. The van der Waals surface area contributed by atoms with Crippen LogP contribution in [0.25, 0.3) is 10.9 Å². The summed E-state index contributed by atoms with van der Waals surface area (Å²) in [6.07, 6.45) is 1.59. The summed E-state index contributed by atoms with van der Waals surface area (Å²) in [5, 5.41) is 9.62. The summed E-state index contributed by atoms with van der Waals surface area (Å²) in [6.45, 7) is 0. The Morgan fingerprint density at radius 3 is 2.92 bits per heavy atom. The first-order valence-electron chi connectivity index (χ1n) is 3.65. The van der Waals surface area contributed by atoms with Crippen LogP contribution >= 0.6 is 0 Å². The van der Waals surface area contributed by atoms with Gasteiger partial charge in [-0.2, -0.15) is 0 Å². The zero-order valence-electron chi connectivity index (χ0n) is 6.36. The van der Waals surface area contributed by atoms with Crippen molar-refractivity contribution < 1.29 is 5.21 Å². The van der Waals surface area contributed by atoms with Gasteiger partial charge in [0.1, 0.15) is 0 Å². The van der Waals surface area contributed by atoms with E-state index in [1.165, 1.54) is 0 Å². The molecule has 3 nitrogen and oxygen atoms in total. The zero-order chi connectivity index (χ0) is 8.39. The number of pyridine rings is 1. The van der Waals surface area contributed by atoms with Gasteiger partial charge in [-0.3, -0.25) is 15.7 Å². The first-order valence-corrected chi connectivity index (χ1v) is 3.65. The van der Waals surface area contributed by atoms with Crippen LogP contribution < -0.4 is 5.48 Å². The molecule has 1 heterocycles. The standard InChI is InChI=1S/C9H8N2O/c12-11-8-5-7-3-1-2-4-9(7)10-6-8/h1-6,11-12H. The Hall–Kier alpha value is -1.61. The van der Waals surface area contributed by atoms with E-state index in [2.05, 4.69) is 10.5 Å². The molecular formula is C9H8N2O. The predicted octanol–water partition coefficient (Wildman–Crippen LogP) is 2.04. The third-order valence-corrected chi connectivity index (χ3v) is 1.72. The van der Waals surface area contributed by atoms with Gasteiger partial charge in [-0.25, -0.2) is 0 Å². The third-order valence-electron chi connectivity index (χ3n) is 1.72. The van der Waals surface area contributed by atoms with Crippen molar-refractivity contribution in [3.05, 3.63) is 36.5 Å². The van der Waals surface area contributed by atoms with Crippen molar-refractivity contribution in [3.8, 4) is 0 Å². The van der Waals surface area contributed by atoms with Crippen LogP contribution in [0.1, 0.15) is 0 Å². The Morgan fingerprint density at radius 1 is 1.25 bits per heavy atom. The van der Waals surface area contributed by atoms with Crippen LogP contribution in [-0.2, 0) is 0 Å². The molecule has 0 unspecified atom stereocenters. The lowest BCUT2D eigenvalue weighted by Crippen LogP contribution is -1.89. The molecule has 1 aromatic heterocycles. The quantitative estimate of drug-likeness (QED) is 0.627. The third kappa shape index (κ3) is 1.10. The van der Waals surface area contributed by atoms with E-state index in [9.17, 15) is 0 Å². The molecule has 0 spiro atoms. The lowest BCUT2D eigenvalue weighted by Gasteiger charge is -1.99. The smallest absolute Gasteiger partial charge is 0.0791 e. The highest BCUT2D eigenvalue weighted by Crippen LogP contribution is 2.14. The van der Waals surface area contributed by atoms with E-state index in [-0.39, 0.29) is 0 Å². The second-order valence-corrected chi connectivity index (χ2v) is 2.53. The maximum atomic E-state index is 8.61. The first-order chi connectivity index (χ1) is 5.90. The molecule has 0 amide bonds. The summed E-state index contributed by atoms with van der Waals surface area (Å²) >= 11 is 0. The van der Waals surface area contributed by atoms with Crippen molar-refractivity contribution in [1.29, 1.82) is 0 Å². The van der Waals surface area contributed by atoms with Crippen molar-refractivity contribution in [2.24, 2.45) is 0 Å². The van der Waals surface area contributed by atoms with Crippen LogP contribution in [0, 0.1) is 0 Å². The van der Waals surface area contributed by atoms with E-state index in [1.807, 2.05) is 30.3 Å². The fraction of sp³-hybridized carbons (Fsp3) is 0. The average molecular weight is 160 g/mol. The lowest BCUT2D eigenvalue weighted by molar-refractivity contribution is 0.389. The van der Waals surface area contributed by atoms with E-state index < -0.39 is 0 Å². The van der Waals surface area contributed by atoms with Crippen molar-refractivity contribution in [2.45, 2.75) is 0 Å². The Bertz CT molecular complexity index is 400. The molecule has 0 atom stereocenters. The van der Waals surface area contributed by atoms with Crippen molar-refractivity contribution in [2.75, 3.05) is 5.48 Å². The molecule has 0 aliphatic rings. The highest BCUT2D eigenvalue weighted by molar-refractivity contribution is 5.81. The number of benzene rings is 1. The van der Waals surface area contributed by atoms with Gasteiger partial charge < -0.3 is 0 Å². The summed E-state index contributed by atoms with van der Waals surface area (Å²) in [7, 11) is 0. The second-order valence-electron chi connectivity index (χ2n) is 2.53. The molecule has 0 aliphatic heterocycles. The molecule has 2 N–H and O–H groups in total. The van der Waals surface area contributed by atoms with Crippen LogP contribution in [0.3, 0.4) is 0 Å². The van der Waals surface area contributed by atoms with Gasteiger partial charge in [0.15, 0.2) is 0 Å². The van der Waals surface area contributed by atoms with Crippen molar-refractivity contribution >= 4 is 16.6 Å². The Morgan fingerprint density at radius 2 is 2.08 bits per heavy atom. The minimum absolute atomic E-state index is 0.605. The van der Waals surface area contributed by atoms with E-state index in [0.29, 0.717) is 5.69 Å². The molecule has 12 heavy (non-hydrogen) atoms. The fourth-order valence-corrected chi connectivity index (χ4v) is 1.13. The second kappa shape index (κ2) is 2.79. The van der Waals surface area contributed by atoms with Gasteiger partial charge in [-0.15, -0.1) is 0 Å². The molecule has 0 radical (unpaired) electrons. The maximum Gasteiger partial charge on any atom is 0.0791 e. The molecule has 2 rings (SSSR count). The minimum Gasteiger partial charge on any atom is -0.291 e. The monoisotopic (exact) mass is 160 g/mol. The molecule has 0 bridgehead atoms. The molecule has 0 aliphatic carbocycles. The number of hydrogen-bond donors (Lipinski definition) is 2. The summed E-state index contributed by atoms with van der Waals surface area (Å²) in [5.41, 5.74) is 3.59. The number of nitrogens with zero attached hydrogens (tertiary/aromatic N) is 1. The summed E-state index contributed by atoms with van der Waals surface area (Å²) in [4.78, 5) is 4.13. The van der Waals surface area contributed by atoms with Crippen LogP contribution in [0.2, 0.25) is 0 Å². The van der Waals surface area contributed by atoms with E-state index in [4.69, 9.17) is 5.21 Å². The molecule has 0 fully saturated rings. The summed E-state index contributed by atoms with van der Waals surface area (Å²) < 4.78 is 0. The van der Waals surface area contributed by atoms with Crippen LogP contribution in [0.4, 0.5) is 5.69 Å². The normalized spacial score (nSPS) is 10.1. The Kier molecular flexibility index (Phi) is 1.64. The van der Waals surface area contributed by atoms with Gasteiger partial charge in [0.2, 0.25) is 0 Å². The number of hydrogen-bond acceptors (Lipinski definition) is 3. The van der Waals surface area contributed by atoms with Crippen molar-refractivity contribution in [3.63, 3.8) is 0 Å². The zero-order valence-corrected chi connectivity index (χ0v) is 6.36. The van der Waals surface area contributed by atoms with E-state index in [0.717, 1.165) is 10.9 Å². The Labute approximate surface area is 69.6 Å². The van der Waals surface area contributed by atoms with Crippen LogP contribution in [0.15, 0.2) is 36.5 Å². The maximum absolute atomic E-state index is 8.61. The van der Waals surface area contributed by atoms with Gasteiger partial charge in [0, 0.05) is 5.39 Å². The van der Waals surface area contributed by atoms with Crippen LogP contribution in [0.5, 0.6) is 0 Å². The van der Waals surface area contributed by atoms with E-state index >= 15 is 0 Å². The SMILES string of the molecule is ONc1cnc2ccccc2c1. The molecule has 1 aromatic carbocycles. The number of nitrogens with one attached hydrogen (secondary N) is 1. The predicted molar refractivity (Wildman–Crippen MR) is 47.2 cm³/mol. The van der Waals surface area contributed by atoms with Crippen molar-refractivity contribution in [1.82, 2.24) is 4.98 Å². The number of anilines is 1. The number of para-hydroxylation sites is 1.